The third kappa shape index (κ3) is 5.22. The van der Waals surface area contributed by atoms with E-state index in [0.29, 0.717) is 31.7 Å². The maximum absolute atomic E-state index is 11.5. The van der Waals surface area contributed by atoms with Gasteiger partial charge in [-0.25, -0.2) is 12.7 Å². The van der Waals surface area contributed by atoms with Crippen LogP contribution in [0.4, 0.5) is 0 Å². The highest BCUT2D eigenvalue weighted by Gasteiger charge is 2.27. The van der Waals surface area contributed by atoms with E-state index in [1.807, 2.05) is 14.0 Å². The topological polar surface area (TPSA) is 58.6 Å². The molecule has 0 aromatic heterocycles. The standard InChI is InChI=1S/C12H26N2O3S/c1-4-17-10-12(13-2)8-11-6-5-7-14(9-11)18(3,15)16/h11-13H,4-10H2,1-3H3. The molecule has 6 heteroatoms. The molecule has 1 fully saturated rings. The molecule has 1 aliphatic heterocycles. The zero-order valence-electron chi connectivity index (χ0n) is 11.7. The summed E-state index contributed by atoms with van der Waals surface area (Å²) in [6.45, 7) is 4.73. The Balaban J connectivity index is 2.46. The van der Waals surface area contributed by atoms with Crippen LogP contribution in [-0.4, -0.2) is 58.4 Å². The van der Waals surface area contributed by atoms with Gasteiger partial charge in [0.2, 0.25) is 10.0 Å². The molecular formula is C12H26N2O3S. The summed E-state index contributed by atoms with van der Waals surface area (Å²) in [7, 11) is -1.11. The van der Waals surface area contributed by atoms with E-state index < -0.39 is 10.0 Å². The first kappa shape index (κ1) is 15.9. The summed E-state index contributed by atoms with van der Waals surface area (Å²) in [6.07, 6.45) is 4.34. The average molecular weight is 278 g/mol. The van der Waals surface area contributed by atoms with Gasteiger partial charge in [-0.3, -0.25) is 0 Å². The lowest BCUT2D eigenvalue weighted by Crippen LogP contribution is -2.42. The molecule has 1 heterocycles. The minimum absolute atomic E-state index is 0.314. The van der Waals surface area contributed by atoms with Crippen LogP contribution in [-0.2, 0) is 14.8 Å². The quantitative estimate of drug-likeness (QED) is 0.744. The summed E-state index contributed by atoms with van der Waals surface area (Å²) in [5.41, 5.74) is 0. The third-order valence-electron chi connectivity index (χ3n) is 3.50. The van der Waals surface area contributed by atoms with Crippen molar-refractivity contribution in [2.45, 2.75) is 32.2 Å². The lowest BCUT2D eigenvalue weighted by Gasteiger charge is -2.32. The predicted molar refractivity (Wildman–Crippen MR) is 73.1 cm³/mol. The zero-order valence-corrected chi connectivity index (χ0v) is 12.5. The van der Waals surface area contributed by atoms with Crippen LogP contribution in [0.25, 0.3) is 0 Å². The van der Waals surface area contributed by atoms with E-state index in [2.05, 4.69) is 5.32 Å². The van der Waals surface area contributed by atoms with Crippen molar-refractivity contribution >= 4 is 10.0 Å². The summed E-state index contributed by atoms with van der Waals surface area (Å²) < 4.78 is 30.1. The Hall–Kier alpha value is -0.170. The summed E-state index contributed by atoms with van der Waals surface area (Å²) >= 11 is 0. The first-order valence-corrected chi connectivity index (χ1v) is 8.52. The van der Waals surface area contributed by atoms with Crippen LogP contribution in [0.3, 0.4) is 0 Å². The molecule has 0 aliphatic carbocycles. The fraction of sp³-hybridized carbons (Fsp3) is 1.00. The normalized spacial score (nSPS) is 24.1. The summed E-state index contributed by atoms with van der Waals surface area (Å²) in [4.78, 5) is 0. The van der Waals surface area contributed by atoms with Crippen molar-refractivity contribution in [2.75, 3.05) is 39.6 Å². The molecule has 1 N–H and O–H groups in total. The van der Waals surface area contributed by atoms with Crippen LogP contribution in [0.5, 0.6) is 0 Å². The van der Waals surface area contributed by atoms with E-state index in [9.17, 15) is 8.42 Å². The average Bonchev–Trinajstić information content (AvgIpc) is 2.33. The Kier molecular flexibility index (Phi) is 6.55. The zero-order chi connectivity index (χ0) is 13.6. The molecule has 5 nitrogen and oxygen atoms in total. The van der Waals surface area contributed by atoms with Gasteiger partial charge in [-0.05, 0) is 39.2 Å². The lowest BCUT2D eigenvalue weighted by molar-refractivity contribution is 0.111. The first-order chi connectivity index (χ1) is 8.47. The number of nitrogens with zero attached hydrogens (tertiary/aromatic N) is 1. The number of hydrogen-bond acceptors (Lipinski definition) is 4. The summed E-state index contributed by atoms with van der Waals surface area (Å²) in [6, 6.07) is 0.314. The van der Waals surface area contributed by atoms with Crippen molar-refractivity contribution in [3.05, 3.63) is 0 Å². The number of hydrogen-bond donors (Lipinski definition) is 1. The minimum Gasteiger partial charge on any atom is -0.380 e. The summed E-state index contributed by atoms with van der Waals surface area (Å²) in [5.74, 6) is 0.436. The molecule has 2 unspecified atom stereocenters. The fourth-order valence-electron chi connectivity index (χ4n) is 2.45. The number of sulfonamides is 1. The summed E-state index contributed by atoms with van der Waals surface area (Å²) in [5, 5.41) is 3.24. The van der Waals surface area contributed by atoms with Crippen LogP contribution >= 0.6 is 0 Å². The van der Waals surface area contributed by atoms with E-state index in [-0.39, 0.29) is 0 Å². The highest BCUT2D eigenvalue weighted by atomic mass is 32.2. The Bertz CT molecular complexity index is 332. The second kappa shape index (κ2) is 7.43. The van der Waals surface area contributed by atoms with E-state index in [1.165, 1.54) is 6.26 Å². The number of nitrogens with one attached hydrogen (secondary N) is 1. The van der Waals surface area contributed by atoms with Crippen LogP contribution in [0, 0.1) is 5.92 Å². The maximum atomic E-state index is 11.5. The van der Waals surface area contributed by atoms with Gasteiger partial charge in [0, 0.05) is 25.7 Å². The lowest BCUT2D eigenvalue weighted by atomic mass is 9.92. The molecular weight excluding hydrogens is 252 g/mol. The van der Waals surface area contributed by atoms with E-state index in [1.54, 1.807) is 4.31 Å². The SMILES string of the molecule is CCOCC(CC1CCCN(S(C)(=O)=O)C1)NC. The Morgan fingerprint density at radius 2 is 2.22 bits per heavy atom. The predicted octanol–water partition coefficient (Wildman–Crippen LogP) is 0.673. The van der Waals surface area contributed by atoms with Crippen molar-refractivity contribution in [1.29, 1.82) is 0 Å². The van der Waals surface area contributed by atoms with Gasteiger partial charge in [-0.2, -0.15) is 0 Å². The van der Waals surface area contributed by atoms with Gasteiger partial charge < -0.3 is 10.1 Å². The molecule has 0 spiro atoms. The molecule has 1 aliphatic rings. The second-order valence-electron chi connectivity index (χ2n) is 5.01. The molecule has 0 amide bonds. The smallest absolute Gasteiger partial charge is 0.211 e. The van der Waals surface area contributed by atoms with Crippen molar-refractivity contribution in [3.63, 3.8) is 0 Å². The van der Waals surface area contributed by atoms with Gasteiger partial charge in [0.05, 0.1) is 12.9 Å². The molecule has 2 atom stereocenters. The van der Waals surface area contributed by atoms with Gasteiger partial charge in [0.25, 0.3) is 0 Å². The molecule has 1 rings (SSSR count). The van der Waals surface area contributed by atoms with E-state index in [4.69, 9.17) is 4.74 Å². The molecule has 0 radical (unpaired) electrons. The Morgan fingerprint density at radius 1 is 1.50 bits per heavy atom. The number of piperidine rings is 1. The highest BCUT2D eigenvalue weighted by molar-refractivity contribution is 7.88. The van der Waals surface area contributed by atoms with Gasteiger partial charge in [-0.1, -0.05) is 0 Å². The molecule has 0 bridgehead atoms. The number of ether oxygens (including phenoxy) is 1. The Labute approximate surface area is 111 Å². The maximum Gasteiger partial charge on any atom is 0.211 e. The number of likely N-dealkylation sites (N-methyl/N-ethyl adjacent to an activating group) is 1. The molecule has 0 saturated carbocycles. The van der Waals surface area contributed by atoms with Crippen LogP contribution < -0.4 is 5.32 Å². The van der Waals surface area contributed by atoms with Gasteiger partial charge in [-0.15, -0.1) is 0 Å². The molecule has 1 saturated heterocycles. The van der Waals surface area contributed by atoms with Crippen molar-refractivity contribution in [1.82, 2.24) is 9.62 Å². The van der Waals surface area contributed by atoms with Crippen LogP contribution in [0.1, 0.15) is 26.2 Å². The van der Waals surface area contributed by atoms with Crippen molar-refractivity contribution < 1.29 is 13.2 Å². The van der Waals surface area contributed by atoms with Gasteiger partial charge in [0.1, 0.15) is 0 Å². The van der Waals surface area contributed by atoms with E-state index >= 15 is 0 Å². The number of rotatable bonds is 7. The molecule has 108 valence electrons. The fourth-order valence-corrected chi connectivity index (χ4v) is 3.39. The molecule has 0 aromatic rings. The second-order valence-corrected chi connectivity index (χ2v) is 6.99. The largest absolute Gasteiger partial charge is 0.380 e. The monoisotopic (exact) mass is 278 g/mol. The molecule has 18 heavy (non-hydrogen) atoms. The third-order valence-corrected chi connectivity index (χ3v) is 4.77. The van der Waals surface area contributed by atoms with Crippen LogP contribution in [0.15, 0.2) is 0 Å². The van der Waals surface area contributed by atoms with Crippen molar-refractivity contribution in [3.8, 4) is 0 Å². The van der Waals surface area contributed by atoms with Crippen LogP contribution in [0.2, 0.25) is 0 Å². The highest BCUT2D eigenvalue weighted by Crippen LogP contribution is 2.22. The first-order valence-electron chi connectivity index (χ1n) is 6.67. The van der Waals surface area contributed by atoms with Gasteiger partial charge >= 0.3 is 0 Å². The Morgan fingerprint density at radius 3 is 2.78 bits per heavy atom. The molecule has 0 aromatic carbocycles. The van der Waals surface area contributed by atoms with E-state index in [0.717, 1.165) is 25.9 Å². The van der Waals surface area contributed by atoms with Crippen molar-refractivity contribution in [2.24, 2.45) is 5.92 Å². The van der Waals surface area contributed by atoms with Gasteiger partial charge in [0.15, 0.2) is 0 Å². The minimum atomic E-state index is -3.04.